The normalized spacial score (nSPS) is 19.4. The Morgan fingerprint density at radius 1 is 1.42 bits per heavy atom. The quantitative estimate of drug-likeness (QED) is 0.765. The SMILES string of the molecule is CC1=C(CC(N)=O)NC(=O)N(CC(F)(F)F)S1(=O)=O. The number of alkyl halides is 3. The third-order valence-corrected chi connectivity index (χ3v) is 4.16. The van der Waals surface area contributed by atoms with E-state index < -0.39 is 46.0 Å². The molecule has 108 valence electrons. The Bertz CT molecular complexity index is 552. The summed E-state index contributed by atoms with van der Waals surface area (Å²) in [7, 11) is -4.61. The van der Waals surface area contributed by atoms with Crippen LogP contribution in [0.1, 0.15) is 13.3 Å². The molecule has 0 radical (unpaired) electrons. The molecule has 0 aromatic rings. The Hall–Kier alpha value is -1.78. The van der Waals surface area contributed by atoms with Crippen molar-refractivity contribution < 1.29 is 31.2 Å². The summed E-state index contributed by atoms with van der Waals surface area (Å²) in [4.78, 5) is 21.5. The molecule has 0 bridgehead atoms. The maximum absolute atomic E-state index is 12.2. The van der Waals surface area contributed by atoms with E-state index in [-0.39, 0.29) is 10.0 Å². The van der Waals surface area contributed by atoms with Crippen molar-refractivity contribution in [2.45, 2.75) is 19.5 Å². The third kappa shape index (κ3) is 3.36. The molecule has 0 spiro atoms. The lowest BCUT2D eigenvalue weighted by Gasteiger charge is -2.29. The molecule has 0 saturated heterocycles. The number of halogens is 3. The van der Waals surface area contributed by atoms with E-state index >= 15 is 0 Å². The topological polar surface area (TPSA) is 110 Å². The second kappa shape index (κ2) is 4.72. The molecule has 0 aromatic carbocycles. The van der Waals surface area contributed by atoms with E-state index in [0.717, 1.165) is 6.92 Å². The maximum atomic E-state index is 12.2. The first-order valence-electron chi connectivity index (χ1n) is 4.83. The van der Waals surface area contributed by atoms with Crippen LogP contribution in [0.3, 0.4) is 0 Å². The van der Waals surface area contributed by atoms with Crippen molar-refractivity contribution >= 4 is 22.0 Å². The summed E-state index contributed by atoms with van der Waals surface area (Å²) < 4.78 is 59.8. The van der Waals surface area contributed by atoms with Crippen LogP contribution in [0.25, 0.3) is 0 Å². The highest BCUT2D eigenvalue weighted by atomic mass is 32.2. The van der Waals surface area contributed by atoms with Crippen LogP contribution in [0, 0.1) is 0 Å². The molecular weight excluding hydrogens is 291 g/mol. The number of nitrogens with zero attached hydrogens (tertiary/aromatic N) is 1. The number of primary amides is 1. The molecular formula is C8H10F3N3O4S. The van der Waals surface area contributed by atoms with Gasteiger partial charge >= 0.3 is 12.2 Å². The van der Waals surface area contributed by atoms with Gasteiger partial charge in [-0.1, -0.05) is 0 Å². The smallest absolute Gasteiger partial charge is 0.369 e. The molecule has 11 heteroatoms. The van der Waals surface area contributed by atoms with Crippen molar-refractivity contribution in [3.05, 3.63) is 10.6 Å². The Labute approximate surface area is 106 Å². The first-order chi connectivity index (χ1) is 8.45. The highest BCUT2D eigenvalue weighted by molar-refractivity contribution is 7.93. The number of carbonyl (C=O) groups is 2. The van der Waals surface area contributed by atoms with Gasteiger partial charge in [0.15, 0.2) is 0 Å². The summed E-state index contributed by atoms with van der Waals surface area (Å²) in [6.07, 6.45) is -5.46. The average Bonchev–Trinajstić information content (AvgIpc) is 2.19. The van der Waals surface area contributed by atoms with E-state index in [0.29, 0.717) is 0 Å². The van der Waals surface area contributed by atoms with Gasteiger partial charge in [0.2, 0.25) is 5.91 Å². The van der Waals surface area contributed by atoms with Gasteiger partial charge in [-0.2, -0.15) is 13.2 Å². The van der Waals surface area contributed by atoms with Crippen LogP contribution in [0.2, 0.25) is 0 Å². The highest BCUT2D eigenvalue weighted by Gasteiger charge is 2.43. The molecule has 0 aliphatic carbocycles. The summed E-state index contributed by atoms with van der Waals surface area (Å²) in [6, 6.07) is -1.47. The minimum atomic E-state index is -4.87. The first kappa shape index (κ1) is 15.3. The predicted molar refractivity (Wildman–Crippen MR) is 56.7 cm³/mol. The number of nitrogens with one attached hydrogen (secondary N) is 1. The lowest BCUT2D eigenvalue weighted by atomic mass is 10.3. The van der Waals surface area contributed by atoms with Gasteiger partial charge in [0, 0.05) is 5.70 Å². The van der Waals surface area contributed by atoms with Crippen LogP contribution >= 0.6 is 0 Å². The van der Waals surface area contributed by atoms with Gasteiger partial charge in [0.05, 0.1) is 11.3 Å². The third-order valence-electron chi connectivity index (χ3n) is 2.26. The molecule has 0 atom stereocenters. The van der Waals surface area contributed by atoms with E-state index in [1.54, 1.807) is 0 Å². The average molecular weight is 301 g/mol. The van der Waals surface area contributed by atoms with Crippen molar-refractivity contribution in [1.29, 1.82) is 0 Å². The zero-order chi connectivity index (χ0) is 15.0. The van der Waals surface area contributed by atoms with E-state index in [9.17, 15) is 31.2 Å². The standard InChI is InChI=1S/C8H10F3N3O4S/c1-4-5(2-6(12)15)13-7(16)14(19(4,17)18)3-8(9,10)11/h2-3H2,1H3,(H2,12,15)(H,13,16). The van der Waals surface area contributed by atoms with Crippen molar-refractivity contribution in [3.8, 4) is 0 Å². The van der Waals surface area contributed by atoms with Crippen LogP contribution < -0.4 is 11.1 Å². The van der Waals surface area contributed by atoms with E-state index in [1.807, 2.05) is 5.32 Å². The molecule has 1 heterocycles. The van der Waals surface area contributed by atoms with Crippen molar-refractivity contribution in [1.82, 2.24) is 9.62 Å². The van der Waals surface area contributed by atoms with Crippen LogP contribution in [0.5, 0.6) is 0 Å². The second-order valence-corrected chi connectivity index (χ2v) is 5.74. The number of amides is 3. The van der Waals surface area contributed by atoms with Crippen LogP contribution in [0.4, 0.5) is 18.0 Å². The fourth-order valence-electron chi connectivity index (χ4n) is 1.37. The summed E-state index contributed by atoms with van der Waals surface area (Å²) >= 11 is 0. The van der Waals surface area contributed by atoms with E-state index in [4.69, 9.17) is 5.73 Å². The Morgan fingerprint density at radius 3 is 2.37 bits per heavy atom. The molecule has 3 amide bonds. The molecule has 0 unspecified atom stereocenters. The Morgan fingerprint density at radius 2 is 1.95 bits per heavy atom. The van der Waals surface area contributed by atoms with Gasteiger partial charge in [-0.05, 0) is 6.92 Å². The molecule has 19 heavy (non-hydrogen) atoms. The van der Waals surface area contributed by atoms with Crippen molar-refractivity contribution in [2.24, 2.45) is 5.73 Å². The number of rotatable bonds is 3. The number of hydrogen-bond donors (Lipinski definition) is 2. The second-order valence-electron chi connectivity index (χ2n) is 3.73. The van der Waals surface area contributed by atoms with Crippen LogP contribution in [-0.4, -0.2) is 37.4 Å². The fourth-order valence-corrected chi connectivity index (χ4v) is 2.72. The van der Waals surface area contributed by atoms with Gasteiger partial charge in [-0.15, -0.1) is 0 Å². The maximum Gasteiger partial charge on any atom is 0.407 e. The minimum absolute atomic E-state index is 0.323. The lowest BCUT2D eigenvalue weighted by molar-refractivity contribution is -0.132. The molecule has 3 N–H and O–H groups in total. The van der Waals surface area contributed by atoms with Gasteiger partial charge in [-0.25, -0.2) is 17.5 Å². The molecule has 0 fully saturated rings. The number of hydrogen-bond acceptors (Lipinski definition) is 4. The Kier molecular flexibility index (Phi) is 3.79. The molecule has 7 nitrogen and oxygen atoms in total. The van der Waals surface area contributed by atoms with Gasteiger partial charge in [-0.3, -0.25) is 4.79 Å². The number of allylic oxidation sites excluding steroid dienone is 1. The van der Waals surface area contributed by atoms with Crippen molar-refractivity contribution in [3.63, 3.8) is 0 Å². The summed E-state index contributed by atoms with van der Waals surface area (Å²) in [5.74, 6) is -0.922. The van der Waals surface area contributed by atoms with E-state index in [2.05, 4.69) is 0 Å². The highest BCUT2D eigenvalue weighted by Crippen LogP contribution is 2.26. The lowest BCUT2D eigenvalue weighted by Crippen LogP contribution is -2.52. The minimum Gasteiger partial charge on any atom is -0.369 e. The number of sulfonamides is 1. The van der Waals surface area contributed by atoms with Gasteiger partial charge in [0.1, 0.15) is 6.54 Å². The number of carbonyl (C=O) groups excluding carboxylic acids is 2. The van der Waals surface area contributed by atoms with Crippen LogP contribution in [-0.2, 0) is 14.8 Å². The van der Waals surface area contributed by atoms with Crippen LogP contribution in [0.15, 0.2) is 10.6 Å². The number of nitrogens with two attached hydrogens (primary N) is 1. The number of urea groups is 1. The summed E-state index contributed by atoms with van der Waals surface area (Å²) in [6.45, 7) is -0.960. The molecule has 0 aromatic heterocycles. The molecule has 1 aliphatic heterocycles. The monoisotopic (exact) mass is 301 g/mol. The fraction of sp³-hybridized carbons (Fsp3) is 0.500. The molecule has 1 rings (SSSR count). The van der Waals surface area contributed by atoms with Crippen molar-refractivity contribution in [2.75, 3.05) is 6.54 Å². The summed E-state index contributed by atoms with van der Waals surface area (Å²) in [5.41, 5.74) is 4.52. The Balaban J connectivity index is 3.20. The first-order valence-corrected chi connectivity index (χ1v) is 6.27. The van der Waals surface area contributed by atoms with Gasteiger partial charge in [0.25, 0.3) is 10.0 Å². The molecule has 0 saturated carbocycles. The zero-order valence-electron chi connectivity index (χ0n) is 9.61. The molecule has 1 aliphatic rings. The largest absolute Gasteiger partial charge is 0.407 e. The predicted octanol–water partition coefficient (Wildman–Crippen LogP) is 0.0106. The van der Waals surface area contributed by atoms with E-state index in [1.165, 1.54) is 0 Å². The summed E-state index contributed by atoms with van der Waals surface area (Å²) in [5, 5.41) is 1.91. The zero-order valence-corrected chi connectivity index (χ0v) is 10.4. The van der Waals surface area contributed by atoms with Gasteiger partial charge < -0.3 is 11.1 Å².